The minimum absolute atomic E-state index is 0.0974. The molecule has 1 aliphatic carbocycles. The molecule has 2 aliphatic rings. The standard InChI is InChI=1S/C13H17NOS/c15-12-9-10(11-5-4-8-16-11)13(14-12)6-2-1-3-7-13/h4-5,8,10H,1-3,6-7,9H2,(H,14,15). The van der Waals surface area contributed by atoms with Gasteiger partial charge in [-0.1, -0.05) is 25.3 Å². The first-order chi connectivity index (χ1) is 7.80. The first-order valence-corrected chi connectivity index (χ1v) is 7.03. The highest BCUT2D eigenvalue weighted by atomic mass is 32.1. The van der Waals surface area contributed by atoms with Crippen molar-refractivity contribution < 1.29 is 4.79 Å². The predicted molar refractivity (Wildman–Crippen MR) is 65.6 cm³/mol. The van der Waals surface area contributed by atoms with Crippen molar-refractivity contribution in [3.05, 3.63) is 22.4 Å². The predicted octanol–water partition coefficient (Wildman–Crippen LogP) is 3.05. The lowest BCUT2D eigenvalue weighted by atomic mass is 9.73. The third kappa shape index (κ3) is 1.58. The van der Waals surface area contributed by atoms with Crippen molar-refractivity contribution in [2.75, 3.05) is 0 Å². The van der Waals surface area contributed by atoms with Gasteiger partial charge in [-0.15, -0.1) is 11.3 Å². The van der Waals surface area contributed by atoms with Gasteiger partial charge in [0.15, 0.2) is 0 Å². The minimum Gasteiger partial charge on any atom is -0.350 e. The second-order valence-electron chi connectivity index (χ2n) is 5.04. The van der Waals surface area contributed by atoms with Crippen LogP contribution in [0.4, 0.5) is 0 Å². The molecule has 2 fully saturated rings. The Kier molecular flexibility index (Phi) is 2.51. The Balaban J connectivity index is 1.93. The molecule has 1 amide bonds. The molecule has 86 valence electrons. The van der Waals surface area contributed by atoms with Gasteiger partial charge >= 0.3 is 0 Å². The second-order valence-corrected chi connectivity index (χ2v) is 6.02. The van der Waals surface area contributed by atoms with E-state index in [-0.39, 0.29) is 11.4 Å². The maximum Gasteiger partial charge on any atom is 0.221 e. The third-order valence-electron chi connectivity index (χ3n) is 4.08. The van der Waals surface area contributed by atoms with Crippen molar-refractivity contribution in [3.63, 3.8) is 0 Å². The van der Waals surface area contributed by atoms with Crippen LogP contribution in [0.3, 0.4) is 0 Å². The van der Waals surface area contributed by atoms with Crippen molar-refractivity contribution in [3.8, 4) is 0 Å². The van der Waals surface area contributed by atoms with Crippen LogP contribution in [0.5, 0.6) is 0 Å². The Hall–Kier alpha value is -0.830. The molecule has 1 saturated heterocycles. The lowest BCUT2D eigenvalue weighted by Gasteiger charge is -2.38. The number of hydrogen-bond donors (Lipinski definition) is 1. The van der Waals surface area contributed by atoms with Crippen LogP contribution < -0.4 is 5.32 Å². The summed E-state index contributed by atoms with van der Waals surface area (Å²) in [7, 11) is 0. The van der Waals surface area contributed by atoms with E-state index in [0.717, 1.165) is 0 Å². The van der Waals surface area contributed by atoms with Crippen molar-refractivity contribution >= 4 is 17.2 Å². The summed E-state index contributed by atoms with van der Waals surface area (Å²) >= 11 is 1.80. The van der Waals surface area contributed by atoms with Gasteiger partial charge in [0.25, 0.3) is 0 Å². The third-order valence-corrected chi connectivity index (χ3v) is 5.06. The van der Waals surface area contributed by atoms with E-state index in [1.165, 1.54) is 37.0 Å². The summed E-state index contributed by atoms with van der Waals surface area (Å²) in [6, 6.07) is 4.28. The molecule has 1 atom stereocenters. The molecule has 1 saturated carbocycles. The van der Waals surface area contributed by atoms with Crippen LogP contribution in [-0.4, -0.2) is 11.4 Å². The molecule has 1 aromatic rings. The average molecular weight is 235 g/mol. The molecular weight excluding hydrogens is 218 g/mol. The van der Waals surface area contributed by atoms with Gasteiger partial charge in [0, 0.05) is 22.8 Å². The highest BCUT2D eigenvalue weighted by Gasteiger charge is 2.47. The van der Waals surface area contributed by atoms with E-state index in [9.17, 15) is 4.79 Å². The van der Waals surface area contributed by atoms with Crippen LogP contribution in [-0.2, 0) is 4.79 Å². The van der Waals surface area contributed by atoms with Gasteiger partial charge in [-0.25, -0.2) is 0 Å². The monoisotopic (exact) mass is 235 g/mol. The Labute approximate surface area is 100 Å². The number of thiophene rings is 1. The molecule has 2 nitrogen and oxygen atoms in total. The zero-order chi connectivity index (χ0) is 11.0. The van der Waals surface area contributed by atoms with Gasteiger partial charge in [0.05, 0.1) is 0 Å². The van der Waals surface area contributed by atoms with Gasteiger partial charge < -0.3 is 5.32 Å². The van der Waals surface area contributed by atoms with E-state index in [1.54, 1.807) is 11.3 Å². The molecule has 3 heteroatoms. The molecule has 1 aromatic heterocycles. The number of carbonyl (C=O) groups excluding carboxylic acids is 1. The zero-order valence-electron chi connectivity index (χ0n) is 9.37. The lowest BCUT2D eigenvalue weighted by molar-refractivity contribution is -0.120. The highest BCUT2D eigenvalue weighted by Crippen LogP contribution is 2.46. The first kappa shape index (κ1) is 10.3. The molecule has 1 aliphatic heterocycles. The van der Waals surface area contributed by atoms with E-state index in [1.807, 2.05) is 0 Å². The number of carbonyl (C=O) groups is 1. The zero-order valence-corrected chi connectivity index (χ0v) is 10.2. The van der Waals surface area contributed by atoms with E-state index in [2.05, 4.69) is 22.8 Å². The van der Waals surface area contributed by atoms with Crippen molar-refractivity contribution in [1.29, 1.82) is 0 Å². The first-order valence-electron chi connectivity index (χ1n) is 6.15. The van der Waals surface area contributed by atoms with Crippen LogP contribution in [0, 0.1) is 0 Å². The van der Waals surface area contributed by atoms with Crippen LogP contribution in [0.1, 0.15) is 49.3 Å². The molecule has 0 radical (unpaired) electrons. The smallest absolute Gasteiger partial charge is 0.221 e. The van der Waals surface area contributed by atoms with Crippen LogP contribution in [0.15, 0.2) is 17.5 Å². The quantitative estimate of drug-likeness (QED) is 0.796. The summed E-state index contributed by atoms with van der Waals surface area (Å²) in [5.41, 5.74) is 0.0974. The fraction of sp³-hybridized carbons (Fsp3) is 0.615. The SMILES string of the molecule is O=C1CC(c2cccs2)C2(CCCCC2)N1. The Morgan fingerprint density at radius 2 is 2.12 bits per heavy atom. The largest absolute Gasteiger partial charge is 0.350 e. The van der Waals surface area contributed by atoms with Crippen LogP contribution >= 0.6 is 11.3 Å². The maximum absolute atomic E-state index is 11.7. The van der Waals surface area contributed by atoms with Gasteiger partial charge in [-0.2, -0.15) is 0 Å². The summed E-state index contributed by atoms with van der Waals surface area (Å²) in [5.74, 6) is 0.681. The summed E-state index contributed by atoms with van der Waals surface area (Å²) in [5, 5.41) is 5.40. The second kappa shape index (κ2) is 3.88. The molecule has 0 bridgehead atoms. The van der Waals surface area contributed by atoms with E-state index < -0.39 is 0 Å². The summed E-state index contributed by atoms with van der Waals surface area (Å²) in [6.45, 7) is 0. The molecule has 1 N–H and O–H groups in total. The molecule has 16 heavy (non-hydrogen) atoms. The summed E-state index contributed by atoms with van der Waals surface area (Å²) in [6.07, 6.45) is 6.89. The fourth-order valence-corrected chi connectivity index (χ4v) is 4.26. The summed E-state index contributed by atoms with van der Waals surface area (Å²) < 4.78 is 0. The Morgan fingerprint density at radius 1 is 1.31 bits per heavy atom. The lowest BCUT2D eigenvalue weighted by Crippen LogP contribution is -2.46. The Bertz CT molecular complexity index is 379. The maximum atomic E-state index is 11.7. The summed E-state index contributed by atoms with van der Waals surface area (Å²) in [4.78, 5) is 13.1. The van der Waals surface area contributed by atoms with Crippen LogP contribution in [0.2, 0.25) is 0 Å². The van der Waals surface area contributed by atoms with Crippen molar-refractivity contribution in [1.82, 2.24) is 5.32 Å². The van der Waals surface area contributed by atoms with Gasteiger partial charge in [-0.05, 0) is 24.3 Å². The van der Waals surface area contributed by atoms with Gasteiger partial charge in [-0.3, -0.25) is 4.79 Å². The van der Waals surface area contributed by atoms with E-state index in [4.69, 9.17) is 0 Å². The highest BCUT2D eigenvalue weighted by molar-refractivity contribution is 7.10. The van der Waals surface area contributed by atoms with E-state index in [0.29, 0.717) is 12.3 Å². The number of rotatable bonds is 1. The molecule has 3 rings (SSSR count). The minimum atomic E-state index is 0.0974. The topological polar surface area (TPSA) is 29.1 Å². The number of hydrogen-bond acceptors (Lipinski definition) is 2. The normalized spacial score (nSPS) is 28.2. The van der Waals surface area contributed by atoms with Crippen molar-refractivity contribution in [2.45, 2.75) is 50.0 Å². The van der Waals surface area contributed by atoms with Crippen molar-refractivity contribution in [2.24, 2.45) is 0 Å². The number of amides is 1. The van der Waals surface area contributed by atoms with Crippen LogP contribution in [0.25, 0.3) is 0 Å². The van der Waals surface area contributed by atoms with Gasteiger partial charge in [0.2, 0.25) is 5.91 Å². The molecular formula is C13H17NOS. The molecule has 1 spiro atoms. The van der Waals surface area contributed by atoms with E-state index >= 15 is 0 Å². The molecule has 1 unspecified atom stereocenters. The molecule has 0 aromatic carbocycles. The molecule has 2 heterocycles. The average Bonchev–Trinajstić information content (AvgIpc) is 2.88. The fourth-order valence-electron chi connectivity index (χ4n) is 3.32. The number of nitrogens with one attached hydrogen (secondary N) is 1. The van der Waals surface area contributed by atoms with Gasteiger partial charge in [0.1, 0.15) is 0 Å². The Morgan fingerprint density at radius 3 is 2.81 bits per heavy atom.